The zero-order valence-corrected chi connectivity index (χ0v) is 16.3. The Kier molecular flexibility index (Phi) is 5.91. The standard InChI is InChI=1S/C21H22F3N3O3/c1-2-30-15-7-8-17(16(11-15)21(22,23)24)27-14-5-3-13(4-6-14)12-26-19(29)20(9-10-20)18(25)28/h3-8,11,27H,2,9-10,12H2,1H3,(H2,25,28)(H,26,29). The summed E-state index contributed by atoms with van der Waals surface area (Å²) in [6.45, 7) is 2.15. The van der Waals surface area contributed by atoms with Crippen LogP contribution in [0.1, 0.15) is 30.9 Å². The van der Waals surface area contributed by atoms with Crippen molar-refractivity contribution in [3.8, 4) is 5.75 Å². The van der Waals surface area contributed by atoms with Crippen molar-refractivity contribution >= 4 is 23.2 Å². The van der Waals surface area contributed by atoms with Gasteiger partial charge in [-0.1, -0.05) is 12.1 Å². The second-order valence-electron chi connectivity index (χ2n) is 7.09. The van der Waals surface area contributed by atoms with Gasteiger partial charge in [0.05, 0.1) is 17.9 Å². The maximum absolute atomic E-state index is 13.4. The van der Waals surface area contributed by atoms with Crippen LogP contribution in [0.15, 0.2) is 42.5 Å². The fourth-order valence-electron chi connectivity index (χ4n) is 3.05. The van der Waals surface area contributed by atoms with Gasteiger partial charge in [0.15, 0.2) is 0 Å². The highest BCUT2D eigenvalue weighted by Gasteiger charge is 2.55. The van der Waals surface area contributed by atoms with Crippen LogP contribution in [0.25, 0.3) is 0 Å². The molecule has 2 aromatic carbocycles. The summed E-state index contributed by atoms with van der Waals surface area (Å²) in [7, 11) is 0. The molecule has 9 heteroatoms. The van der Waals surface area contributed by atoms with Gasteiger partial charge in [0, 0.05) is 12.2 Å². The van der Waals surface area contributed by atoms with E-state index in [0.717, 1.165) is 11.6 Å². The third kappa shape index (κ3) is 4.67. The van der Waals surface area contributed by atoms with Crippen LogP contribution in [0, 0.1) is 5.41 Å². The predicted octanol–water partition coefficient (Wildman–Crippen LogP) is 3.73. The summed E-state index contributed by atoms with van der Waals surface area (Å²) < 4.78 is 45.4. The minimum Gasteiger partial charge on any atom is -0.494 e. The number of hydrogen-bond donors (Lipinski definition) is 3. The molecule has 0 aromatic heterocycles. The number of nitrogens with one attached hydrogen (secondary N) is 2. The van der Waals surface area contributed by atoms with Crippen molar-refractivity contribution in [2.24, 2.45) is 11.1 Å². The second-order valence-corrected chi connectivity index (χ2v) is 7.09. The molecule has 0 bridgehead atoms. The molecular weight excluding hydrogens is 399 g/mol. The van der Waals surface area contributed by atoms with E-state index in [4.69, 9.17) is 10.5 Å². The number of primary amides is 1. The Morgan fingerprint density at radius 1 is 1.13 bits per heavy atom. The van der Waals surface area contributed by atoms with Crippen molar-refractivity contribution in [3.05, 3.63) is 53.6 Å². The molecule has 1 aliphatic carbocycles. The summed E-state index contributed by atoms with van der Waals surface area (Å²) in [5.74, 6) is -0.886. The molecule has 6 nitrogen and oxygen atoms in total. The van der Waals surface area contributed by atoms with Gasteiger partial charge in [-0.15, -0.1) is 0 Å². The molecule has 160 valence electrons. The number of benzene rings is 2. The van der Waals surface area contributed by atoms with E-state index in [-0.39, 0.29) is 24.6 Å². The van der Waals surface area contributed by atoms with Crippen LogP contribution in [-0.4, -0.2) is 18.4 Å². The number of ether oxygens (including phenoxy) is 1. The van der Waals surface area contributed by atoms with Crippen LogP contribution in [0.2, 0.25) is 0 Å². The Morgan fingerprint density at radius 3 is 2.33 bits per heavy atom. The first-order valence-corrected chi connectivity index (χ1v) is 9.44. The van der Waals surface area contributed by atoms with Gasteiger partial charge in [0.1, 0.15) is 11.2 Å². The van der Waals surface area contributed by atoms with Gasteiger partial charge in [-0.25, -0.2) is 0 Å². The molecule has 30 heavy (non-hydrogen) atoms. The first kappa shape index (κ1) is 21.5. The molecule has 0 saturated heterocycles. The number of hydrogen-bond acceptors (Lipinski definition) is 4. The van der Waals surface area contributed by atoms with Crippen LogP contribution in [0.5, 0.6) is 5.75 Å². The Hall–Kier alpha value is -3.23. The summed E-state index contributed by atoms with van der Waals surface area (Å²) in [5, 5.41) is 5.44. The number of carbonyl (C=O) groups excluding carboxylic acids is 2. The normalized spacial score (nSPS) is 14.7. The molecule has 0 aliphatic heterocycles. The average Bonchev–Trinajstić information content (AvgIpc) is 3.50. The van der Waals surface area contributed by atoms with Gasteiger partial charge in [0.25, 0.3) is 0 Å². The smallest absolute Gasteiger partial charge is 0.418 e. The zero-order chi connectivity index (χ0) is 21.9. The molecular formula is C21H22F3N3O3. The van der Waals surface area contributed by atoms with E-state index in [0.29, 0.717) is 18.5 Å². The summed E-state index contributed by atoms with van der Waals surface area (Å²) in [6, 6.07) is 10.3. The molecule has 1 aliphatic rings. The number of nitrogens with two attached hydrogens (primary N) is 1. The van der Waals surface area contributed by atoms with Crippen molar-refractivity contribution in [1.82, 2.24) is 5.32 Å². The van der Waals surface area contributed by atoms with Crippen molar-refractivity contribution in [2.45, 2.75) is 32.5 Å². The van der Waals surface area contributed by atoms with Gasteiger partial charge in [-0.3, -0.25) is 9.59 Å². The molecule has 0 spiro atoms. The van der Waals surface area contributed by atoms with E-state index in [1.807, 2.05) is 0 Å². The van der Waals surface area contributed by atoms with Gasteiger partial charge >= 0.3 is 6.18 Å². The highest BCUT2D eigenvalue weighted by Crippen LogP contribution is 2.45. The largest absolute Gasteiger partial charge is 0.494 e. The minimum atomic E-state index is -4.54. The average molecular weight is 421 g/mol. The second kappa shape index (κ2) is 8.25. The van der Waals surface area contributed by atoms with Crippen LogP contribution < -0.4 is 21.1 Å². The van der Waals surface area contributed by atoms with Gasteiger partial charge in [-0.2, -0.15) is 13.2 Å². The first-order valence-electron chi connectivity index (χ1n) is 9.44. The van der Waals surface area contributed by atoms with E-state index < -0.39 is 29.0 Å². The number of alkyl halides is 3. The third-order valence-electron chi connectivity index (χ3n) is 4.95. The topological polar surface area (TPSA) is 93.4 Å². The summed E-state index contributed by atoms with van der Waals surface area (Å²) in [4.78, 5) is 23.5. The number of anilines is 2. The lowest BCUT2D eigenvalue weighted by Crippen LogP contribution is -2.40. The molecule has 0 heterocycles. The molecule has 0 unspecified atom stereocenters. The summed E-state index contributed by atoms with van der Waals surface area (Å²) >= 11 is 0. The van der Waals surface area contributed by atoms with E-state index >= 15 is 0 Å². The number of halogens is 3. The van der Waals surface area contributed by atoms with Gasteiger partial charge in [-0.05, 0) is 55.7 Å². The molecule has 0 atom stereocenters. The van der Waals surface area contributed by atoms with E-state index in [1.165, 1.54) is 12.1 Å². The molecule has 0 radical (unpaired) electrons. The molecule has 4 N–H and O–H groups in total. The SMILES string of the molecule is CCOc1ccc(Nc2ccc(CNC(=O)C3(C(N)=O)CC3)cc2)c(C(F)(F)F)c1. The van der Waals surface area contributed by atoms with Crippen LogP contribution >= 0.6 is 0 Å². The lowest BCUT2D eigenvalue weighted by molar-refractivity contribution is -0.137. The maximum Gasteiger partial charge on any atom is 0.418 e. The Morgan fingerprint density at radius 2 is 1.80 bits per heavy atom. The first-order chi connectivity index (χ1) is 14.2. The fourth-order valence-corrected chi connectivity index (χ4v) is 3.05. The van der Waals surface area contributed by atoms with Crippen molar-refractivity contribution in [2.75, 3.05) is 11.9 Å². The number of amides is 2. The van der Waals surface area contributed by atoms with Crippen molar-refractivity contribution in [1.29, 1.82) is 0 Å². The van der Waals surface area contributed by atoms with Crippen molar-refractivity contribution < 1.29 is 27.5 Å². The zero-order valence-electron chi connectivity index (χ0n) is 16.3. The third-order valence-corrected chi connectivity index (χ3v) is 4.95. The van der Waals surface area contributed by atoms with Crippen LogP contribution in [0.3, 0.4) is 0 Å². The predicted molar refractivity (Wildman–Crippen MR) is 105 cm³/mol. The molecule has 3 rings (SSSR count). The number of rotatable bonds is 8. The van der Waals surface area contributed by atoms with Gasteiger partial charge in [0.2, 0.25) is 11.8 Å². The minimum absolute atomic E-state index is 0.0934. The van der Waals surface area contributed by atoms with E-state index in [1.54, 1.807) is 31.2 Å². The Labute approximate surface area is 171 Å². The van der Waals surface area contributed by atoms with E-state index in [9.17, 15) is 22.8 Å². The molecule has 1 fully saturated rings. The monoisotopic (exact) mass is 421 g/mol. The molecule has 1 saturated carbocycles. The highest BCUT2D eigenvalue weighted by atomic mass is 19.4. The Balaban J connectivity index is 1.67. The summed E-state index contributed by atoms with van der Waals surface area (Å²) in [5.41, 5.74) is 4.44. The highest BCUT2D eigenvalue weighted by molar-refractivity contribution is 6.07. The molecule has 2 amide bonds. The lowest BCUT2D eigenvalue weighted by atomic mass is 10.1. The van der Waals surface area contributed by atoms with Crippen molar-refractivity contribution in [3.63, 3.8) is 0 Å². The quantitative estimate of drug-likeness (QED) is 0.566. The van der Waals surface area contributed by atoms with Crippen LogP contribution in [-0.2, 0) is 22.3 Å². The van der Waals surface area contributed by atoms with E-state index in [2.05, 4.69) is 10.6 Å². The molecule has 2 aromatic rings. The van der Waals surface area contributed by atoms with Crippen LogP contribution in [0.4, 0.5) is 24.5 Å². The number of carbonyl (C=O) groups is 2. The maximum atomic E-state index is 13.4. The fraction of sp³-hybridized carbons (Fsp3) is 0.333. The summed E-state index contributed by atoms with van der Waals surface area (Å²) in [6.07, 6.45) is -3.65. The lowest BCUT2D eigenvalue weighted by Gasteiger charge is -2.16. The van der Waals surface area contributed by atoms with Gasteiger partial charge < -0.3 is 21.1 Å². The Bertz CT molecular complexity index is 939.